The second kappa shape index (κ2) is 40.2. The summed E-state index contributed by atoms with van der Waals surface area (Å²) in [7, 11) is 1.66. The molecule has 5 atom stereocenters. The second-order valence-corrected chi connectivity index (χ2v) is 36.8. The van der Waals surface area contributed by atoms with Crippen molar-refractivity contribution < 1.29 is 9.53 Å². The molecule has 123 heavy (non-hydrogen) atoms. The molecule has 0 radical (unpaired) electrons. The molecule has 8 heterocycles. The summed E-state index contributed by atoms with van der Waals surface area (Å²) in [5.74, 6) is 2.33. The van der Waals surface area contributed by atoms with E-state index < -0.39 is 0 Å². The minimum atomic E-state index is -0.177. The molecule has 13 aromatic rings. The molecule has 5 unspecified atom stereocenters. The van der Waals surface area contributed by atoms with Crippen molar-refractivity contribution in [3.63, 3.8) is 0 Å². The molecule has 7 N–H and O–H groups in total. The lowest BCUT2D eigenvalue weighted by atomic mass is 9.91. The minimum Gasteiger partial charge on any atom is -0.497 e. The first-order valence-corrected chi connectivity index (χ1v) is 46.5. The number of nitrogens with one attached hydrogen (secondary N) is 7. The number of hydrogen-bond donors (Lipinski definition) is 7. The van der Waals surface area contributed by atoms with Crippen molar-refractivity contribution >= 4 is 154 Å². The van der Waals surface area contributed by atoms with Crippen LogP contribution in [-0.2, 0) is 25.7 Å². The molecular weight excluding hydrogens is 1660 g/mol. The summed E-state index contributed by atoms with van der Waals surface area (Å²) in [4.78, 5) is 38.9. The van der Waals surface area contributed by atoms with Gasteiger partial charge in [-0.2, -0.15) is 0 Å². The number of hydrogen-bond acceptors (Lipinski definition) is 5. The molecule has 0 aliphatic carbocycles. The summed E-state index contributed by atoms with van der Waals surface area (Å²) in [6.45, 7) is 31.7. The monoisotopic (exact) mass is 1780 g/mol. The van der Waals surface area contributed by atoms with Crippen LogP contribution in [0.5, 0.6) is 5.75 Å². The van der Waals surface area contributed by atoms with Gasteiger partial charge < -0.3 is 65.1 Å². The van der Waals surface area contributed by atoms with Crippen molar-refractivity contribution in [1.82, 2.24) is 55.1 Å². The molecule has 0 fully saturated rings. The van der Waals surface area contributed by atoms with Gasteiger partial charge in [-0.1, -0.05) is 217 Å². The maximum atomic E-state index is 13.3. The van der Waals surface area contributed by atoms with Crippen LogP contribution in [0.1, 0.15) is 233 Å². The van der Waals surface area contributed by atoms with Crippen LogP contribution in [0.2, 0.25) is 20.1 Å². The predicted molar refractivity (Wildman–Crippen MR) is 528 cm³/mol. The number of thiocarbonyl (C=S) groups is 3. The van der Waals surface area contributed by atoms with Crippen LogP contribution in [0.25, 0.3) is 43.6 Å². The molecule has 4 aliphatic rings. The Bertz CT molecular complexity index is 5880. The van der Waals surface area contributed by atoms with Crippen molar-refractivity contribution in [1.29, 1.82) is 0 Å². The van der Waals surface area contributed by atoms with Crippen LogP contribution in [0, 0.1) is 6.92 Å². The van der Waals surface area contributed by atoms with Crippen LogP contribution in [0.3, 0.4) is 0 Å². The number of ether oxygens (including phenoxy) is 1. The van der Waals surface area contributed by atoms with Gasteiger partial charge in [0.15, 0.2) is 15.3 Å². The number of unbranched alkanes of at least 4 members (excludes halogenated alkanes) is 2. The number of nitrogens with zero attached hydrogens (tertiary/aromatic N) is 5. The van der Waals surface area contributed by atoms with Crippen molar-refractivity contribution in [3.05, 3.63) is 304 Å². The number of amides is 2. The maximum absolute atomic E-state index is 13.3. The number of benzene rings is 9. The largest absolute Gasteiger partial charge is 0.497 e. The van der Waals surface area contributed by atoms with E-state index in [1.807, 2.05) is 84.3 Å². The average molecular weight is 1780 g/mol. The Morgan fingerprint density at radius 2 is 0.772 bits per heavy atom. The quantitative estimate of drug-likeness (QED) is 0.0346. The number of carbonyl (C=O) groups excluding carboxylic acids is 1. The number of H-pyrrole nitrogens is 4. The lowest BCUT2D eigenvalue weighted by molar-refractivity contribution is 0.140. The van der Waals surface area contributed by atoms with E-state index >= 15 is 0 Å². The Balaban J connectivity index is 0.000000134. The first-order chi connectivity index (χ1) is 59.3. The van der Waals surface area contributed by atoms with Crippen molar-refractivity contribution in [2.75, 3.05) is 58.2 Å². The zero-order chi connectivity index (χ0) is 87.0. The van der Waals surface area contributed by atoms with Crippen LogP contribution >= 0.6 is 83.1 Å². The van der Waals surface area contributed by atoms with Gasteiger partial charge >= 0.3 is 6.03 Å². The van der Waals surface area contributed by atoms with Crippen LogP contribution in [0.15, 0.2) is 194 Å². The van der Waals surface area contributed by atoms with Crippen LogP contribution < -0.4 is 20.7 Å². The number of aromatic amines is 4. The fraction of sp³-hybridized carbons (Fsp3) is 0.353. The van der Waals surface area contributed by atoms with Gasteiger partial charge in [0.2, 0.25) is 0 Å². The third kappa shape index (κ3) is 19.9. The number of methoxy groups -OCH3 is 1. The highest BCUT2D eigenvalue weighted by Crippen LogP contribution is 2.46. The molecule has 0 saturated heterocycles. The fourth-order valence-electron chi connectivity index (χ4n) is 17.8. The first kappa shape index (κ1) is 89.7. The molecular formula is C102H116Cl4N12O2S3. The van der Waals surface area contributed by atoms with Crippen LogP contribution in [-0.4, -0.2) is 125 Å². The molecule has 0 bridgehead atoms. The van der Waals surface area contributed by atoms with Gasteiger partial charge in [-0.25, -0.2) is 4.79 Å². The van der Waals surface area contributed by atoms with E-state index in [1.54, 1.807) is 7.11 Å². The molecule has 4 aliphatic heterocycles. The Labute approximate surface area is 762 Å². The van der Waals surface area contributed by atoms with Gasteiger partial charge in [0.1, 0.15) is 5.75 Å². The summed E-state index contributed by atoms with van der Waals surface area (Å²) >= 11 is 42.9. The summed E-state index contributed by atoms with van der Waals surface area (Å²) in [6, 6.07) is 68.0. The zero-order valence-electron chi connectivity index (χ0n) is 73.0. The topological polar surface area (TPSA) is 142 Å². The Kier molecular flexibility index (Phi) is 29.3. The molecule has 4 aromatic heterocycles. The van der Waals surface area contributed by atoms with E-state index in [0.717, 1.165) is 150 Å². The third-order valence-electron chi connectivity index (χ3n) is 24.9. The lowest BCUT2D eigenvalue weighted by Crippen LogP contribution is -2.48. The van der Waals surface area contributed by atoms with Gasteiger partial charge in [0, 0.05) is 144 Å². The van der Waals surface area contributed by atoms with E-state index in [-0.39, 0.29) is 30.2 Å². The number of aryl methyl sites for hydroxylation is 1. The molecule has 14 nitrogen and oxygen atoms in total. The highest BCUT2D eigenvalue weighted by atomic mass is 35.5. The summed E-state index contributed by atoms with van der Waals surface area (Å²) in [5, 5.41) is 20.7. The lowest BCUT2D eigenvalue weighted by Gasteiger charge is -2.39. The van der Waals surface area contributed by atoms with E-state index in [9.17, 15) is 4.79 Å². The number of urea groups is 1. The molecule has 9 aromatic carbocycles. The van der Waals surface area contributed by atoms with Gasteiger partial charge in [0.05, 0.1) is 31.3 Å². The van der Waals surface area contributed by atoms with Gasteiger partial charge in [-0.05, 0) is 279 Å². The van der Waals surface area contributed by atoms with Crippen LogP contribution in [0.4, 0.5) is 10.5 Å². The Morgan fingerprint density at radius 3 is 1.11 bits per heavy atom. The van der Waals surface area contributed by atoms with E-state index in [4.69, 9.17) is 87.8 Å². The molecule has 0 saturated carbocycles. The molecule has 2 amide bonds. The van der Waals surface area contributed by atoms with Crippen molar-refractivity contribution in [2.45, 2.75) is 182 Å². The molecule has 21 heteroatoms. The standard InChI is InChI=1S/C28H28ClN3S.C26H32ClN3S.C25H30ClN3S.C23H26ClN3O2/c1-17(2)19-6-8-20(9-7-19)27-26-23(24-16-21(29)10-13-25(24)31-26)14-15-32(27)28(33)30-22-11-4-18(3)5-12-22;1-4-5-6-14-28-26(31)30-15-13-21-22-16-20(27)11-12-23(22)29-24(21)25(30)19-9-7-18(8-10-19)17(2)3;1-5-16(4)27-25(30)29-13-12-20-21-14-19(26)10-11-22(21)28-23(20)24(29)18-8-6-17(7-9-18)15(2)3;1-4-26(5-2)23(28)27-13-12-18-19-14-16(24)8-11-20(19)25-21(18)22(27)15-6-9-17(29-3)10-7-15/h4-13,16-17,27,31H,14-15H2,1-3H3,(H,30,33);7-12,16-17,25,29H,4-6,13-15H2,1-3H3,(H,28,31);6-11,14-16,24,28H,5,12-13H2,1-4H3,(H,27,30);6-11,14,22,25H,4-5,12-13H2,1-3H3. The molecule has 17 rings (SSSR count). The van der Waals surface area contributed by atoms with E-state index in [0.29, 0.717) is 43.4 Å². The summed E-state index contributed by atoms with van der Waals surface area (Å²) in [6.07, 6.45) is 8.23. The Morgan fingerprint density at radius 1 is 0.439 bits per heavy atom. The Hall–Kier alpha value is -9.56. The number of carbonyl (C=O) groups is 1. The predicted octanol–water partition coefficient (Wildman–Crippen LogP) is 26.4. The first-order valence-electron chi connectivity index (χ1n) is 43.8. The number of fused-ring (bicyclic) bond motifs is 12. The summed E-state index contributed by atoms with van der Waals surface area (Å²) in [5.41, 5.74) is 25.6. The van der Waals surface area contributed by atoms with Gasteiger partial charge in [-0.15, -0.1) is 0 Å². The number of anilines is 1. The van der Waals surface area contributed by atoms with E-state index in [1.165, 1.54) is 107 Å². The van der Waals surface area contributed by atoms with Gasteiger partial charge in [0.25, 0.3) is 0 Å². The highest BCUT2D eigenvalue weighted by molar-refractivity contribution is 7.80. The fourth-order valence-corrected chi connectivity index (χ4v) is 19.5. The third-order valence-corrected chi connectivity index (χ3v) is 27.0. The van der Waals surface area contributed by atoms with Gasteiger partial charge in [-0.3, -0.25) is 0 Å². The maximum Gasteiger partial charge on any atom is 0.320 e. The van der Waals surface area contributed by atoms with Crippen molar-refractivity contribution in [2.24, 2.45) is 0 Å². The van der Waals surface area contributed by atoms with E-state index in [2.05, 4.69) is 253 Å². The number of aromatic nitrogens is 4. The van der Waals surface area contributed by atoms with Crippen molar-refractivity contribution in [3.8, 4) is 5.75 Å². The molecule has 0 spiro atoms. The average Bonchev–Trinajstić information content (AvgIpc) is 1.63. The second-order valence-electron chi connectivity index (χ2n) is 33.9. The summed E-state index contributed by atoms with van der Waals surface area (Å²) < 4.78 is 5.32. The zero-order valence-corrected chi connectivity index (χ0v) is 78.5. The SMILES string of the molecule is CCC(C)NC(=S)N1CCc2c([nH]c3ccc(Cl)cc23)C1c1ccc(C(C)C)cc1.CCCCCNC(=S)N1CCc2c([nH]c3ccc(Cl)cc23)C1c1ccc(C(C)C)cc1.CCN(CC)C(=O)N1CCc2c([nH]c3ccc(Cl)cc23)C1c1ccc(OC)cc1.Cc1ccc(NC(=S)N2CCc3c([nH]c4ccc(Cl)cc34)C2c2ccc(C(C)C)cc2)cc1. The highest BCUT2D eigenvalue weighted by Gasteiger charge is 2.39. The normalized spacial score (nSPS) is 16.2. The molecule has 642 valence electrons. The smallest absolute Gasteiger partial charge is 0.320 e. The number of halogens is 4. The number of rotatable bonds is 17. The minimum absolute atomic E-state index is 0.00610.